The topological polar surface area (TPSA) is 70.3 Å². The van der Waals surface area contributed by atoms with Crippen LogP contribution in [0.2, 0.25) is 0 Å². The summed E-state index contributed by atoms with van der Waals surface area (Å²) in [5, 5.41) is 18.2. The van der Waals surface area contributed by atoms with Gasteiger partial charge in [-0.25, -0.2) is 0 Å². The molecule has 4 nitrogen and oxygen atoms in total. The first-order valence-electron chi connectivity index (χ1n) is 8.47. The molecule has 1 unspecified atom stereocenters. The average Bonchev–Trinajstić information content (AvgIpc) is 2.63. The Morgan fingerprint density at radius 1 is 1.28 bits per heavy atom. The first-order valence-corrected chi connectivity index (χ1v) is 9.69. The Balaban J connectivity index is 2.35. The van der Waals surface area contributed by atoms with Crippen molar-refractivity contribution in [3.8, 4) is 6.07 Å². The van der Waals surface area contributed by atoms with Gasteiger partial charge in [0.2, 0.25) is 0 Å². The molecule has 0 amide bonds. The molecule has 0 radical (unpaired) electrons. The van der Waals surface area contributed by atoms with Gasteiger partial charge in [0.05, 0.1) is 16.9 Å². The Kier molecular flexibility index (Phi) is 10.4. The van der Waals surface area contributed by atoms with Crippen molar-refractivity contribution in [3.05, 3.63) is 35.9 Å². The maximum atomic E-state index is 11.8. The van der Waals surface area contributed by atoms with E-state index >= 15 is 0 Å². The lowest BCUT2D eigenvalue weighted by atomic mass is 10.1. The molecule has 6 heteroatoms. The molecule has 0 aliphatic heterocycles. The number of hydrogen-bond donors (Lipinski definition) is 1. The molecule has 0 aliphatic rings. The third kappa shape index (κ3) is 9.01. The number of unbranched alkanes of at least 4 members (excludes halogenated alkanes) is 3. The maximum absolute atomic E-state index is 11.8. The molecule has 1 aromatic rings. The van der Waals surface area contributed by atoms with Gasteiger partial charge in [0, 0.05) is 13.0 Å². The van der Waals surface area contributed by atoms with E-state index in [2.05, 4.69) is 6.07 Å². The summed E-state index contributed by atoms with van der Waals surface area (Å²) in [5.74, 6) is -0.283. The molecule has 0 bridgehead atoms. The number of rotatable bonds is 11. The summed E-state index contributed by atoms with van der Waals surface area (Å²) in [7, 11) is 0. The largest absolute Gasteiger partial charge is 0.466 e. The predicted octanol–water partition coefficient (Wildman–Crippen LogP) is 4.25. The van der Waals surface area contributed by atoms with E-state index in [4.69, 9.17) is 22.1 Å². The summed E-state index contributed by atoms with van der Waals surface area (Å²) < 4.78 is 5.10. The van der Waals surface area contributed by atoms with Gasteiger partial charge in [-0.05, 0) is 38.2 Å². The lowest BCUT2D eigenvalue weighted by molar-refractivity contribution is -0.143. The number of ether oxygens (including phenoxy) is 1. The van der Waals surface area contributed by atoms with Gasteiger partial charge in [-0.1, -0.05) is 60.7 Å². The van der Waals surface area contributed by atoms with Gasteiger partial charge in [-0.3, -0.25) is 4.79 Å². The Bertz CT molecular complexity index is 586. The van der Waals surface area contributed by atoms with Crippen LogP contribution in [0.5, 0.6) is 0 Å². The van der Waals surface area contributed by atoms with E-state index in [1.54, 1.807) is 6.92 Å². The number of nitriles is 1. The van der Waals surface area contributed by atoms with E-state index in [1.165, 1.54) is 11.8 Å². The maximum Gasteiger partial charge on any atom is 0.305 e. The van der Waals surface area contributed by atoms with Crippen LogP contribution in [-0.2, 0) is 9.53 Å². The molecule has 0 heterocycles. The highest BCUT2D eigenvalue weighted by Gasteiger charge is 2.28. The molecule has 1 aromatic carbocycles. The van der Waals surface area contributed by atoms with Crippen molar-refractivity contribution in [3.63, 3.8) is 0 Å². The van der Waals surface area contributed by atoms with E-state index in [-0.39, 0.29) is 19.0 Å². The molecule has 0 saturated heterocycles. The molecule has 0 fully saturated rings. The number of esters is 1. The zero-order valence-electron chi connectivity index (χ0n) is 14.6. The van der Waals surface area contributed by atoms with Crippen LogP contribution in [0.25, 0.3) is 0 Å². The minimum Gasteiger partial charge on any atom is -0.466 e. The van der Waals surface area contributed by atoms with E-state index < -0.39 is 4.75 Å². The number of carbonyl (C=O) groups is 1. The number of thioether (sulfide) groups is 1. The van der Waals surface area contributed by atoms with Crippen LogP contribution in [-0.4, -0.2) is 33.2 Å². The lowest BCUT2D eigenvalue weighted by Crippen LogP contribution is -2.22. The highest BCUT2D eigenvalue weighted by Crippen LogP contribution is 2.33. The second kappa shape index (κ2) is 12.0. The molecule has 1 N–H and O–H groups in total. The number of thiocarbonyl (C=S) groups is 1. The Morgan fingerprint density at radius 3 is 2.60 bits per heavy atom. The fourth-order valence-electron chi connectivity index (χ4n) is 2.13. The van der Waals surface area contributed by atoms with E-state index in [1.807, 2.05) is 30.3 Å². The zero-order chi connectivity index (χ0) is 18.5. The number of aliphatic hydroxyl groups excluding tert-OH is 1. The first-order chi connectivity index (χ1) is 12.0. The molecule has 0 aliphatic carbocycles. The standard InChI is InChI=1S/C19H25NO3S2/c1-19(15-20,25-18(24)16-9-5-4-6-10-16)12-11-17(22)23-14-8-3-2-7-13-21/h4-6,9-10,21H,2-3,7-8,11-14H2,1H3. The predicted molar refractivity (Wildman–Crippen MR) is 105 cm³/mol. The van der Waals surface area contributed by atoms with Crippen molar-refractivity contribution < 1.29 is 14.6 Å². The van der Waals surface area contributed by atoms with Crippen molar-refractivity contribution in [2.24, 2.45) is 0 Å². The van der Waals surface area contributed by atoms with Crippen LogP contribution in [0.1, 0.15) is 51.0 Å². The van der Waals surface area contributed by atoms with Crippen molar-refractivity contribution >= 4 is 34.1 Å². The normalized spacial score (nSPS) is 12.8. The molecule has 25 heavy (non-hydrogen) atoms. The van der Waals surface area contributed by atoms with Crippen molar-refractivity contribution in [2.45, 2.75) is 50.2 Å². The fourth-order valence-corrected chi connectivity index (χ4v) is 3.73. The molecular formula is C19H25NO3S2. The number of benzene rings is 1. The smallest absolute Gasteiger partial charge is 0.305 e. The van der Waals surface area contributed by atoms with Crippen LogP contribution in [0.3, 0.4) is 0 Å². The first kappa shape index (κ1) is 21.6. The number of hydrogen-bond acceptors (Lipinski definition) is 6. The quantitative estimate of drug-likeness (QED) is 0.352. The van der Waals surface area contributed by atoms with Gasteiger partial charge in [-0.2, -0.15) is 5.26 Å². The third-order valence-electron chi connectivity index (χ3n) is 3.69. The van der Waals surface area contributed by atoms with E-state index in [0.717, 1.165) is 31.2 Å². The van der Waals surface area contributed by atoms with Crippen LogP contribution in [0.15, 0.2) is 30.3 Å². The molecular weight excluding hydrogens is 354 g/mol. The fraction of sp³-hybridized carbons (Fsp3) is 0.526. The van der Waals surface area contributed by atoms with Gasteiger partial charge in [0.25, 0.3) is 0 Å². The van der Waals surface area contributed by atoms with Gasteiger partial charge >= 0.3 is 5.97 Å². The van der Waals surface area contributed by atoms with Crippen molar-refractivity contribution in [1.82, 2.24) is 0 Å². The Labute approximate surface area is 159 Å². The minimum absolute atomic E-state index is 0.200. The second-order valence-corrected chi connectivity index (χ2v) is 8.14. The van der Waals surface area contributed by atoms with Crippen LogP contribution in [0.4, 0.5) is 0 Å². The Hall–Kier alpha value is -1.42. The molecule has 1 atom stereocenters. The number of carbonyl (C=O) groups excluding carboxylic acids is 1. The molecule has 1 rings (SSSR count). The van der Waals surface area contributed by atoms with E-state index in [0.29, 0.717) is 17.2 Å². The SMILES string of the molecule is CC(C#N)(CCC(=O)OCCCCCCO)SC(=S)c1ccccc1. The summed E-state index contributed by atoms with van der Waals surface area (Å²) >= 11 is 6.73. The number of nitrogens with zero attached hydrogens (tertiary/aromatic N) is 1. The molecule has 0 saturated carbocycles. The third-order valence-corrected chi connectivity index (χ3v) is 5.34. The molecule has 0 aromatic heterocycles. The van der Waals surface area contributed by atoms with Crippen LogP contribution < -0.4 is 0 Å². The van der Waals surface area contributed by atoms with Crippen molar-refractivity contribution in [1.29, 1.82) is 5.26 Å². The van der Waals surface area contributed by atoms with Gasteiger partial charge in [0.1, 0.15) is 4.75 Å². The Morgan fingerprint density at radius 2 is 1.96 bits per heavy atom. The summed E-state index contributed by atoms with van der Waals surface area (Å²) in [5.41, 5.74) is 0.912. The van der Waals surface area contributed by atoms with Crippen molar-refractivity contribution in [2.75, 3.05) is 13.2 Å². The summed E-state index contributed by atoms with van der Waals surface area (Å²) in [6.45, 7) is 2.40. The van der Waals surface area contributed by atoms with Crippen LogP contribution >= 0.6 is 24.0 Å². The molecule has 0 spiro atoms. The molecule has 136 valence electrons. The van der Waals surface area contributed by atoms with Gasteiger partial charge in [0.15, 0.2) is 0 Å². The minimum atomic E-state index is -0.757. The van der Waals surface area contributed by atoms with Gasteiger partial charge < -0.3 is 9.84 Å². The summed E-state index contributed by atoms with van der Waals surface area (Å²) in [6.07, 6.45) is 4.05. The highest BCUT2D eigenvalue weighted by molar-refractivity contribution is 8.24. The zero-order valence-corrected chi connectivity index (χ0v) is 16.2. The number of aliphatic hydroxyl groups is 1. The lowest BCUT2D eigenvalue weighted by Gasteiger charge is -2.20. The van der Waals surface area contributed by atoms with E-state index in [9.17, 15) is 10.1 Å². The summed E-state index contributed by atoms with van der Waals surface area (Å²) in [4.78, 5) is 11.8. The summed E-state index contributed by atoms with van der Waals surface area (Å²) in [6, 6.07) is 11.8. The monoisotopic (exact) mass is 379 g/mol. The van der Waals surface area contributed by atoms with Gasteiger partial charge in [-0.15, -0.1) is 0 Å². The highest BCUT2D eigenvalue weighted by atomic mass is 32.2. The average molecular weight is 380 g/mol. The van der Waals surface area contributed by atoms with Crippen LogP contribution in [0, 0.1) is 11.3 Å². The second-order valence-electron chi connectivity index (χ2n) is 5.96.